The maximum absolute atomic E-state index is 12.5. The lowest BCUT2D eigenvalue weighted by Crippen LogP contribution is -2.48. The van der Waals surface area contributed by atoms with E-state index in [9.17, 15) is 14.1 Å². The number of amides is 1. The molecule has 0 unspecified atom stereocenters. The summed E-state index contributed by atoms with van der Waals surface area (Å²) in [4.78, 5) is 28.1. The minimum absolute atomic E-state index is 0.0560. The first-order chi connectivity index (χ1) is 58.8. The molecule has 22 heteroatoms. The average molecular weight is 1840 g/mol. The van der Waals surface area contributed by atoms with E-state index in [1.54, 1.807) is 12.5 Å². The number of ether oxygens (including phenoxy) is 3. The van der Waals surface area contributed by atoms with Crippen LogP contribution in [0.3, 0.4) is 0 Å². The maximum atomic E-state index is 12.5. The number of morpholine rings is 2. The summed E-state index contributed by atoms with van der Waals surface area (Å²) in [7, 11) is 4.43. The summed E-state index contributed by atoms with van der Waals surface area (Å²) in [6.07, 6.45) is 24.8. The quantitative estimate of drug-likeness (QED) is 0.0302. The van der Waals surface area contributed by atoms with Gasteiger partial charge in [0.2, 0.25) is 5.91 Å². The first-order valence-corrected chi connectivity index (χ1v) is 54.5. The van der Waals surface area contributed by atoms with Crippen molar-refractivity contribution in [1.29, 1.82) is 0 Å². The molecule has 126 heavy (non-hydrogen) atoms. The summed E-state index contributed by atoms with van der Waals surface area (Å²) >= 11 is 5.84. The summed E-state index contributed by atoms with van der Waals surface area (Å²) in [6.45, 7) is 66.9. The van der Waals surface area contributed by atoms with E-state index in [2.05, 4.69) is 318 Å². The molecule has 0 aromatic heterocycles. The molecule has 4 saturated heterocycles. The fraction of sp³-hybridized carbons (Fsp3) is 0.817. The van der Waals surface area contributed by atoms with Gasteiger partial charge in [-0.25, -0.2) is 4.36 Å². The molecule has 0 spiro atoms. The van der Waals surface area contributed by atoms with Crippen molar-refractivity contribution in [3.8, 4) is 0 Å². The fourth-order valence-corrected chi connectivity index (χ4v) is 21.3. The van der Waals surface area contributed by atoms with E-state index in [0.29, 0.717) is 41.5 Å². The zero-order chi connectivity index (χ0) is 93.4. The van der Waals surface area contributed by atoms with Crippen molar-refractivity contribution in [2.45, 2.75) is 357 Å². The van der Waals surface area contributed by atoms with Crippen LogP contribution in [0.25, 0.3) is 0 Å². The third-order valence-corrected chi connectivity index (χ3v) is 28.7. The third-order valence-electron chi connectivity index (χ3n) is 24.4. The van der Waals surface area contributed by atoms with Gasteiger partial charge in [0.1, 0.15) is 0 Å². The number of likely N-dealkylation sites (tertiary alicyclic amines) is 2. The highest BCUT2D eigenvalue weighted by molar-refractivity contribution is 7.99. The number of rotatable bonds is 31. The Morgan fingerprint density at radius 2 is 0.881 bits per heavy atom. The molecule has 728 valence electrons. The zero-order valence-corrected chi connectivity index (χ0v) is 88.7. The van der Waals surface area contributed by atoms with Crippen LogP contribution in [0.5, 0.6) is 0 Å². The van der Waals surface area contributed by atoms with Crippen molar-refractivity contribution in [2.24, 2.45) is 39.9 Å². The first-order valence-electron chi connectivity index (χ1n) is 49.2. The molecular weight excluding hydrogens is 1640 g/mol. The van der Waals surface area contributed by atoms with E-state index in [1.807, 2.05) is 42.2 Å². The molecule has 0 radical (unpaired) electrons. The van der Waals surface area contributed by atoms with Gasteiger partial charge in [-0.05, 0) is 400 Å². The van der Waals surface area contributed by atoms with Crippen LogP contribution < -0.4 is 31.9 Å². The van der Waals surface area contributed by atoms with Crippen LogP contribution in [0.4, 0.5) is 0 Å². The van der Waals surface area contributed by atoms with Gasteiger partial charge in [0.25, 0.3) is 0 Å². The SMILES string of the molecule is CC(C)(C)NCC1CCC(N=S(C)(C)=O)CC1.CC(C)(C)NCC1[C@@H]2CCC[C@@H]12.CC(C)(C)N[C@H](CCN1CCOCC1)CSc1ccccc1.CC(C)(C)N[C@H](CCN1CCOCC1)CSc1ccccc1.CC1(O)CCC(CNC(C)(C)C)CC1.CN(C)CC[C@H](CSc1ccccc1)NC(C)(C)C.CN1CCC[C@@H]1C(=O)N1CCC(COC(C)(C)C)CC1. The summed E-state index contributed by atoms with van der Waals surface area (Å²) in [5.41, 5.74) is 0.797. The molecule has 1 amide bonds. The summed E-state index contributed by atoms with van der Waals surface area (Å²) in [6, 6.07) is 34.1. The third kappa shape index (κ3) is 56.0. The number of aliphatic hydroxyl groups is 1. The number of carbonyl (C=O) groups is 1. The Kier molecular flexibility index (Phi) is 51.4. The second kappa shape index (κ2) is 56.8. The largest absolute Gasteiger partial charge is 0.390 e. The van der Waals surface area contributed by atoms with Crippen molar-refractivity contribution in [3.05, 3.63) is 91.0 Å². The van der Waals surface area contributed by atoms with Gasteiger partial charge >= 0.3 is 0 Å². The van der Waals surface area contributed by atoms with Crippen LogP contribution >= 0.6 is 35.3 Å². The Balaban J connectivity index is 0.000000263. The molecule has 4 aliphatic heterocycles. The van der Waals surface area contributed by atoms with E-state index in [1.165, 1.54) is 72.6 Å². The van der Waals surface area contributed by atoms with Crippen LogP contribution in [-0.2, 0) is 28.7 Å². The predicted octanol–water partition coefficient (Wildman–Crippen LogP) is 19.5. The van der Waals surface area contributed by atoms with Crippen molar-refractivity contribution < 1.29 is 28.3 Å². The molecule has 0 bridgehead atoms. The Bertz CT molecular complexity index is 3340. The number of benzene rings is 3. The summed E-state index contributed by atoms with van der Waals surface area (Å²) < 4.78 is 32.8. The highest BCUT2D eigenvalue weighted by Gasteiger charge is 2.52. The first kappa shape index (κ1) is 114. The highest BCUT2D eigenvalue weighted by atomic mass is 32.2. The number of fused-ring (bicyclic) bond motifs is 1. The predicted molar refractivity (Wildman–Crippen MR) is 547 cm³/mol. The molecule has 4 heterocycles. The van der Waals surface area contributed by atoms with Crippen molar-refractivity contribution in [3.63, 3.8) is 0 Å². The number of carbonyl (C=O) groups excluding carboxylic acids is 1. The second-order valence-corrected chi connectivity index (χ2v) is 51.6. The molecule has 4 aliphatic carbocycles. The molecule has 3 aromatic rings. The van der Waals surface area contributed by atoms with Gasteiger partial charge in [-0.2, -0.15) is 0 Å². The van der Waals surface area contributed by atoms with Gasteiger partial charge in [-0.15, -0.1) is 35.3 Å². The number of nitrogens with zero attached hydrogens (tertiary/aromatic N) is 6. The molecule has 4 saturated carbocycles. The van der Waals surface area contributed by atoms with Crippen LogP contribution in [-0.4, -0.2) is 283 Å². The Labute approximate surface area is 787 Å². The van der Waals surface area contributed by atoms with Crippen molar-refractivity contribution in [1.82, 2.24) is 56.4 Å². The van der Waals surface area contributed by atoms with Gasteiger partial charge in [0.05, 0.1) is 56.3 Å². The second-order valence-electron chi connectivity index (χ2n) is 45.8. The minimum Gasteiger partial charge on any atom is -0.390 e. The number of thioether (sulfide) groups is 3. The topological polar surface area (TPSA) is 183 Å². The van der Waals surface area contributed by atoms with Crippen LogP contribution in [0.2, 0.25) is 0 Å². The lowest BCUT2D eigenvalue weighted by Gasteiger charge is -2.35. The van der Waals surface area contributed by atoms with E-state index in [-0.39, 0.29) is 39.3 Å². The van der Waals surface area contributed by atoms with Crippen LogP contribution in [0, 0.1) is 35.5 Å². The molecule has 8 aliphatic rings. The standard InChI is InChI=1S/2C18H30N2OS.C16H30N2O2.C16H28N2S.C13H28N2OS.C12H25NO.C11H21N/c2*1-18(2,3)19-16(9-10-20-11-13-21-14-12-20)15-22-17-7-5-4-6-8-17;1-16(2,3)20-12-13-7-10-18(11-8-13)15(19)14-6-5-9-17(14)4;1-16(2,3)17-14(11-12-18(4)5)13-19-15-9-7-6-8-10-15;1-13(2,3)14-10-11-6-8-12(9-7-11)15-17(4,5)16;1-11(2,3)13-9-10-5-7-12(4,14)8-6-10;1-11(2,3)12-7-10-8-5-4-6-9(8)10/h2*4-8,16,19H,9-15H2,1-3H3;13-14H,5-12H2,1-4H3;6-10,14,17H,11-13H2,1-5H3;11-12,14H,6-10H2,1-5H3;10,13-14H,5-9H2,1-4H3;8-10,12H,4-7H2,1-3H3/t2*16-;2*14-;;;8-,9-/m1111..1/s1. The van der Waals surface area contributed by atoms with Gasteiger partial charge in [0, 0.05) is 145 Å². The molecule has 3 aromatic carbocycles. The molecule has 11 rings (SSSR count). The molecule has 18 nitrogen and oxygen atoms in total. The number of hydrogen-bond donors (Lipinski definition) is 7. The van der Waals surface area contributed by atoms with Crippen LogP contribution in [0.15, 0.2) is 110 Å². The van der Waals surface area contributed by atoms with E-state index >= 15 is 0 Å². The lowest BCUT2D eigenvalue weighted by atomic mass is 9.80. The smallest absolute Gasteiger partial charge is 0.239 e. The Hall–Kier alpha value is -2.43. The molecule has 8 fully saturated rings. The lowest BCUT2D eigenvalue weighted by molar-refractivity contribution is -0.137. The Morgan fingerprint density at radius 1 is 0.500 bits per heavy atom. The number of piperidine rings is 1. The molecule has 6 atom stereocenters. The van der Waals surface area contributed by atoms with Gasteiger partial charge < -0.3 is 61.0 Å². The van der Waals surface area contributed by atoms with Crippen LogP contribution in [0.1, 0.15) is 268 Å². The minimum atomic E-state index is -1.92. The number of hydrogen-bond acceptors (Lipinski definition) is 20. The van der Waals surface area contributed by atoms with Gasteiger partial charge in [-0.3, -0.25) is 23.7 Å². The molecular formula is C104H192N12O6S4. The Morgan fingerprint density at radius 3 is 1.23 bits per heavy atom. The van der Waals surface area contributed by atoms with Gasteiger partial charge in [-0.1, -0.05) is 61.0 Å². The normalized spacial score (nSPS) is 23.9. The number of likely N-dealkylation sites (N-methyl/N-ethyl adjacent to an activating group) is 1. The van der Waals surface area contributed by atoms with E-state index in [4.69, 9.17) is 14.2 Å². The van der Waals surface area contributed by atoms with Crippen molar-refractivity contribution >= 4 is 50.9 Å². The number of nitrogens with one attached hydrogen (secondary N) is 6. The summed E-state index contributed by atoms with van der Waals surface area (Å²) in [5.74, 6) is 9.10. The van der Waals surface area contributed by atoms with Crippen molar-refractivity contribution in [2.75, 3.05) is 169 Å². The summed E-state index contributed by atoms with van der Waals surface area (Å²) in [5, 5.41) is 31.8. The highest BCUT2D eigenvalue weighted by Crippen LogP contribution is 2.57. The zero-order valence-electron chi connectivity index (χ0n) is 85.4. The van der Waals surface area contributed by atoms with Gasteiger partial charge in [0.15, 0.2) is 0 Å². The van der Waals surface area contributed by atoms with E-state index < -0.39 is 15.3 Å². The fourth-order valence-electron chi connectivity index (χ4n) is 17.3. The van der Waals surface area contributed by atoms with E-state index in [0.717, 1.165) is 223 Å². The monoisotopic (exact) mass is 1830 g/mol. The average Bonchev–Trinajstić information content (AvgIpc) is 1.60. The molecule has 7 N–H and O–H groups in total. The maximum Gasteiger partial charge on any atom is 0.239 e.